The van der Waals surface area contributed by atoms with Gasteiger partial charge in [-0.3, -0.25) is 0 Å². The lowest BCUT2D eigenvalue weighted by molar-refractivity contribution is 0.161. The van der Waals surface area contributed by atoms with E-state index in [0.717, 1.165) is 13.1 Å². The number of sulfone groups is 1. The predicted molar refractivity (Wildman–Crippen MR) is 77.9 cm³/mol. The number of phenols is 1. The minimum absolute atomic E-state index is 0.105. The molecule has 0 radical (unpaired) electrons. The van der Waals surface area contributed by atoms with Gasteiger partial charge in [-0.05, 0) is 50.9 Å². The molecule has 0 amide bonds. The van der Waals surface area contributed by atoms with Gasteiger partial charge >= 0.3 is 0 Å². The molecule has 6 heteroatoms. The van der Waals surface area contributed by atoms with E-state index >= 15 is 0 Å². The third kappa shape index (κ3) is 2.32. The Morgan fingerprint density at radius 1 is 1.20 bits per heavy atom. The van der Waals surface area contributed by atoms with Gasteiger partial charge in [0.1, 0.15) is 10.6 Å². The SMILES string of the molecule is O=S(=O)(c1c(O)cccc1Cl)C1CC(N2CCCC2)C1. The molecule has 2 aliphatic rings. The maximum absolute atomic E-state index is 12.6. The summed E-state index contributed by atoms with van der Waals surface area (Å²) < 4.78 is 25.1. The van der Waals surface area contributed by atoms with Crippen LogP contribution >= 0.6 is 11.6 Å². The lowest BCUT2D eigenvalue weighted by atomic mass is 9.91. The smallest absolute Gasteiger partial charge is 0.186 e. The van der Waals surface area contributed by atoms with Gasteiger partial charge in [-0.25, -0.2) is 8.42 Å². The van der Waals surface area contributed by atoms with E-state index in [1.165, 1.54) is 25.0 Å². The highest BCUT2D eigenvalue weighted by Gasteiger charge is 2.44. The largest absolute Gasteiger partial charge is 0.507 e. The van der Waals surface area contributed by atoms with E-state index in [9.17, 15) is 13.5 Å². The van der Waals surface area contributed by atoms with Gasteiger partial charge in [0.25, 0.3) is 0 Å². The second-order valence-corrected chi connectivity index (χ2v) is 8.20. The molecular formula is C14H18ClNO3S. The normalized spacial score (nSPS) is 27.4. The first-order valence-electron chi connectivity index (χ1n) is 6.95. The molecule has 1 aromatic carbocycles. The van der Waals surface area contributed by atoms with Crippen molar-refractivity contribution in [3.63, 3.8) is 0 Å². The van der Waals surface area contributed by atoms with Crippen LogP contribution in [0.5, 0.6) is 5.75 Å². The number of nitrogens with zero attached hydrogens (tertiary/aromatic N) is 1. The third-order valence-corrected chi connectivity index (χ3v) is 7.08. The summed E-state index contributed by atoms with van der Waals surface area (Å²) in [6.07, 6.45) is 3.71. The van der Waals surface area contributed by atoms with Gasteiger partial charge in [-0.15, -0.1) is 0 Å². The third-order valence-electron chi connectivity index (χ3n) is 4.40. The van der Waals surface area contributed by atoms with E-state index in [2.05, 4.69) is 4.90 Å². The molecule has 1 aromatic rings. The first-order valence-corrected chi connectivity index (χ1v) is 8.88. The van der Waals surface area contributed by atoms with E-state index in [4.69, 9.17) is 11.6 Å². The van der Waals surface area contributed by atoms with Crippen LogP contribution in [0.25, 0.3) is 0 Å². The summed E-state index contributed by atoms with van der Waals surface area (Å²) in [5.74, 6) is -0.248. The fourth-order valence-electron chi connectivity index (χ4n) is 3.14. The van der Waals surface area contributed by atoms with Crippen LogP contribution in [0.3, 0.4) is 0 Å². The van der Waals surface area contributed by atoms with Crippen molar-refractivity contribution in [3.8, 4) is 5.75 Å². The maximum Gasteiger partial charge on any atom is 0.186 e. The fraction of sp³-hybridized carbons (Fsp3) is 0.571. The topological polar surface area (TPSA) is 57.6 Å². The highest BCUT2D eigenvalue weighted by atomic mass is 35.5. The monoisotopic (exact) mass is 315 g/mol. The van der Waals surface area contributed by atoms with Gasteiger partial charge in [0, 0.05) is 6.04 Å². The molecule has 20 heavy (non-hydrogen) atoms. The van der Waals surface area contributed by atoms with Crippen LogP contribution in [-0.2, 0) is 9.84 Å². The second kappa shape index (κ2) is 5.20. The quantitative estimate of drug-likeness (QED) is 0.931. The number of aromatic hydroxyl groups is 1. The summed E-state index contributed by atoms with van der Waals surface area (Å²) in [7, 11) is -3.53. The van der Waals surface area contributed by atoms with E-state index in [1.807, 2.05) is 0 Å². The summed E-state index contributed by atoms with van der Waals surface area (Å²) in [5, 5.41) is 9.49. The van der Waals surface area contributed by atoms with Crippen LogP contribution in [0, 0.1) is 0 Å². The molecule has 0 atom stereocenters. The van der Waals surface area contributed by atoms with Crippen LogP contribution in [0.4, 0.5) is 0 Å². The van der Waals surface area contributed by atoms with Crippen molar-refractivity contribution in [1.82, 2.24) is 4.90 Å². The van der Waals surface area contributed by atoms with Crippen LogP contribution in [-0.4, -0.2) is 42.8 Å². The maximum atomic E-state index is 12.6. The van der Waals surface area contributed by atoms with Crippen molar-refractivity contribution in [2.45, 2.75) is 41.9 Å². The van der Waals surface area contributed by atoms with Gasteiger partial charge in [0.15, 0.2) is 9.84 Å². The number of benzene rings is 1. The van der Waals surface area contributed by atoms with E-state index in [0.29, 0.717) is 18.9 Å². The molecular weight excluding hydrogens is 298 g/mol. The summed E-state index contributed by atoms with van der Waals surface area (Å²) in [4.78, 5) is 2.27. The highest BCUT2D eigenvalue weighted by Crippen LogP contribution is 2.40. The van der Waals surface area contributed by atoms with Gasteiger partial charge in [-0.2, -0.15) is 0 Å². The van der Waals surface area contributed by atoms with Crippen molar-refractivity contribution in [2.75, 3.05) is 13.1 Å². The number of hydrogen-bond acceptors (Lipinski definition) is 4. The molecule has 1 aliphatic heterocycles. The zero-order valence-corrected chi connectivity index (χ0v) is 12.7. The first-order chi connectivity index (χ1) is 9.50. The molecule has 1 N–H and O–H groups in total. The summed E-state index contributed by atoms with van der Waals surface area (Å²) in [6.45, 7) is 2.16. The Morgan fingerprint density at radius 3 is 2.45 bits per heavy atom. The number of phenolic OH excluding ortho intramolecular Hbond substituents is 1. The Kier molecular flexibility index (Phi) is 3.69. The van der Waals surface area contributed by atoms with E-state index in [-0.39, 0.29) is 15.7 Å². The Balaban J connectivity index is 1.77. The molecule has 1 saturated carbocycles. The molecule has 110 valence electrons. The first kappa shape index (κ1) is 14.2. The van der Waals surface area contributed by atoms with Crippen LogP contribution in [0.2, 0.25) is 5.02 Å². The molecule has 3 rings (SSSR count). The summed E-state index contributed by atoms with van der Waals surface area (Å²) in [6, 6.07) is 4.80. The van der Waals surface area contributed by atoms with Crippen LogP contribution in [0.1, 0.15) is 25.7 Å². The highest BCUT2D eigenvalue weighted by molar-refractivity contribution is 7.92. The van der Waals surface area contributed by atoms with Gasteiger partial charge in [0.05, 0.1) is 10.3 Å². The number of hydrogen-bond donors (Lipinski definition) is 1. The number of rotatable bonds is 3. The van der Waals surface area contributed by atoms with E-state index in [1.54, 1.807) is 6.07 Å². The minimum atomic E-state index is -3.53. The van der Waals surface area contributed by atoms with Crippen molar-refractivity contribution in [1.29, 1.82) is 0 Å². The van der Waals surface area contributed by atoms with Gasteiger partial charge in [0.2, 0.25) is 0 Å². The predicted octanol–water partition coefficient (Wildman–Crippen LogP) is 2.45. The Morgan fingerprint density at radius 2 is 1.85 bits per heavy atom. The molecule has 2 fully saturated rings. The summed E-state index contributed by atoms with van der Waals surface area (Å²) >= 11 is 5.95. The lowest BCUT2D eigenvalue weighted by Gasteiger charge is -2.40. The Bertz CT molecular complexity index is 585. The molecule has 1 saturated heterocycles. The van der Waals surface area contributed by atoms with E-state index < -0.39 is 15.1 Å². The molecule has 0 unspecified atom stereocenters. The van der Waals surface area contributed by atoms with Crippen molar-refractivity contribution in [3.05, 3.63) is 23.2 Å². The zero-order chi connectivity index (χ0) is 14.3. The van der Waals surface area contributed by atoms with Crippen LogP contribution < -0.4 is 0 Å². The standard InChI is InChI=1S/C14H18ClNO3S/c15-12-4-3-5-13(17)14(12)20(18,19)11-8-10(9-11)16-6-1-2-7-16/h3-5,10-11,17H,1-2,6-9H2. The van der Waals surface area contributed by atoms with Gasteiger partial charge in [-0.1, -0.05) is 17.7 Å². The number of halogens is 1. The lowest BCUT2D eigenvalue weighted by Crippen LogP contribution is -2.48. The molecule has 4 nitrogen and oxygen atoms in total. The Hall–Kier alpha value is -0.780. The zero-order valence-electron chi connectivity index (χ0n) is 11.1. The van der Waals surface area contributed by atoms with Crippen molar-refractivity contribution < 1.29 is 13.5 Å². The number of likely N-dealkylation sites (tertiary alicyclic amines) is 1. The molecule has 0 bridgehead atoms. The van der Waals surface area contributed by atoms with Crippen LogP contribution in [0.15, 0.2) is 23.1 Å². The van der Waals surface area contributed by atoms with Gasteiger partial charge < -0.3 is 10.0 Å². The molecule has 1 heterocycles. The molecule has 0 aromatic heterocycles. The van der Waals surface area contributed by atoms with Crippen molar-refractivity contribution >= 4 is 21.4 Å². The van der Waals surface area contributed by atoms with Crippen molar-refractivity contribution in [2.24, 2.45) is 0 Å². The molecule has 0 spiro atoms. The minimum Gasteiger partial charge on any atom is -0.507 e. The average molecular weight is 316 g/mol. The molecule has 1 aliphatic carbocycles. The second-order valence-electron chi connectivity index (χ2n) is 5.62. The average Bonchev–Trinajstić information content (AvgIpc) is 2.79. The Labute approximate surface area is 124 Å². The summed E-state index contributed by atoms with van der Waals surface area (Å²) in [5.41, 5.74) is 0. The fourth-order valence-corrected chi connectivity index (χ4v) is 5.62.